The number of hydrogen-bond donors (Lipinski definition) is 1. The molecule has 1 N–H and O–H groups in total. The van der Waals surface area contributed by atoms with Crippen molar-refractivity contribution in [3.8, 4) is 0 Å². The number of methoxy groups -OCH3 is 1. The highest BCUT2D eigenvalue weighted by atomic mass is 35.5. The number of halogens is 4. The van der Waals surface area contributed by atoms with Crippen molar-refractivity contribution in [3.05, 3.63) is 34.9 Å². The highest BCUT2D eigenvalue weighted by Crippen LogP contribution is 2.45. The minimum absolute atomic E-state index is 0. The van der Waals surface area contributed by atoms with E-state index in [9.17, 15) is 13.2 Å². The molecule has 0 saturated heterocycles. The molecule has 6 heteroatoms. The van der Waals surface area contributed by atoms with E-state index in [0.29, 0.717) is 17.5 Å². The van der Waals surface area contributed by atoms with Crippen LogP contribution in [0.4, 0.5) is 13.2 Å². The van der Waals surface area contributed by atoms with Crippen LogP contribution in [-0.4, -0.2) is 13.0 Å². The van der Waals surface area contributed by atoms with Gasteiger partial charge in [-0.15, -0.1) is 12.4 Å². The van der Waals surface area contributed by atoms with E-state index in [-0.39, 0.29) is 23.7 Å². The van der Waals surface area contributed by atoms with Crippen LogP contribution in [0.3, 0.4) is 0 Å². The molecule has 0 aromatic heterocycles. The monoisotopic (exact) mass is 335 g/mol. The second kappa shape index (κ2) is 6.90. The van der Waals surface area contributed by atoms with Gasteiger partial charge in [-0.1, -0.05) is 24.5 Å². The normalized spacial score (nSPS) is 17.0. The zero-order chi connectivity index (χ0) is 15.7. The van der Waals surface area contributed by atoms with Gasteiger partial charge in [0.2, 0.25) is 0 Å². The SMILES string of the molecule is COC(=N)CC1(c2cc(C)cc(C(F)(F)F)c2)CCCC1.Cl. The molecule has 0 amide bonds. The topological polar surface area (TPSA) is 33.1 Å². The molecular formula is C16H21ClF3NO. The lowest BCUT2D eigenvalue weighted by molar-refractivity contribution is -0.137. The first-order valence-corrected chi connectivity index (χ1v) is 7.08. The van der Waals surface area contributed by atoms with Gasteiger partial charge in [-0.25, -0.2) is 0 Å². The first-order chi connectivity index (χ1) is 9.77. The largest absolute Gasteiger partial charge is 0.484 e. The zero-order valence-corrected chi connectivity index (χ0v) is 13.5. The van der Waals surface area contributed by atoms with Gasteiger partial charge in [0.25, 0.3) is 0 Å². The molecule has 2 rings (SSSR count). The summed E-state index contributed by atoms with van der Waals surface area (Å²) < 4.78 is 44.0. The van der Waals surface area contributed by atoms with Crippen molar-refractivity contribution in [2.24, 2.45) is 0 Å². The lowest BCUT2D eigenvalue weighted by Gasteiger charge is -2.30. The third kappa shape index (κ3) is 3.94. The number of aryl methyl sites for hydroxylation is 1. The maximum absolute atomic E-state index is 13.0. The lowest BCUT2D eigenvalue weighted by Crippen LogP contribution is -2.27. The van der Waals surface area contributed by atoms with Gasteiger partial charge in [-0.2, -0.15) is 13.2 Å². The highest BCUT2D eigenvalue weighted by Gasteiger charge is 2.39. The van der Waals surface area contributed by atoms with E-state index in [2.05, 4.69) is 0 Å². The smallest absolute Gasteiger partial charge is 0.416 e. The average molecular weight is 336 g/mol. The molecular weight excluding hydrogens is 315 g/mol. The summed E-state index contributed by atoms with van der Waals surface area (Å²) in [5.74, 6) is 0.131. The van der Waals surface area contributed by atoms with Crippen molar-refractivity contribution >= 4 is 18.3 Å². The van der Waals surface area contributed by atoms with Crippen molar-refractivity contribution in [3.63, 3.8) is 0 Å². The van der Waals surface area contributed by atoms with Crippen molar-refractivity contribution in [1.82, 2.24) is 0 Å². The molecule has 0 atom stereocenters. The average Bonchev–Trinajstić information content (AvgIpc) is 2.86. The first kappa shape index (κ1) is 18.8. The number of nitrogens with one attached hydrogen (secondary N) is 1. The van der Waals surface area contributed by atoms with Gasteiger partial charge in [0, 0.05) is 11.8 Å². The van der Waals surface area contributed by atoms with Gasteiger partial charge in [-0.05, 0) is 37.5 Å². The molecule has 22 heavy (non-hydrogen) atoms. The van der Waals surface area contributed by atoms with E-state index in [1.54, 1.807) is 6.92 Å². The third-order valence-electron chi connectivity index (χ3n) is 4.32. The molecule has 0 heterocycles. The summed E-state index contributed by atoms with van der Waals surface area (Å²) in [6.45, 7) is 1.68. The Labute approximate surface area is 135 Å². The Morgan fingerprint density at radius 2 is 1.82 bits per heavy atom. The number of alkyl halides is 3. The molecule has 124 valence electrons. The molecule has 2 nitrogen and oxygen atoms in total. The minimum Gasteiger partial charge on any atom is -0.484 e. The summed E-state index contributed by atoms with van der Waals surface area (Å²) in [5, 5.41) is 7.76. The van der Waals surface area contributed by atoms with Crippen LogP contribution in [0.5, 0.6) is 0 Å². The minimum atomic E-state index is -4.34. The summed E-state index contributed by atoms with van der Waals surface area (Å²) in [7, 11) is 1.43. The third-order valence-corrected chi connectivity index (χ3v) is 4.32. The van der Waals surface area contributed by atoms with Crippen LogP contribution in [0, 0.1) is 12.3 Å². The standard InChI is InChI=1S/C16H20F3NO.ClH/c1-11-7-12(9-13(8-11)16(17,18)19)15(5-3-4-6-15)10-14(20)21-2;/h7-9,20H,3-6,10H2,1-2H3;1H. The molecule has 1 saturated carbocycles. The summed E-state index contributed by atoms with van der Waals surface area (Å²) in [6, 6.07) is 4.25. The van der Waals surface area contributed by atoms with Crippen LogP contribution in [0.25, 0.3) is 0 Å². The zero-order valence-electron chi connectivity index (χ0n) is 12.7. The number of rotatable bonds is 3. The van der Waals surface area contributed by atoms with Crippen LogP contribution in [0.2, 0.25) is 0 Å². The maximum atomic E-state index is 13.0. The van der Waals surface area contributed by atoms with E-state index in [4.69, 9.17) is 10.1 Å². The van der Waals surface area contributed by atoms with Gasteiger partial charge in [-0.3, -0.25) is 5.41 Å². The van der Waals surface area contributed by atoms with Crippen LogP contribution >= 0.6 is 12.4 Å². The lowest BCUT2D eigenvalue weighted by atomic mass is 9.75. The number of hydrogen-bond acceptors (Lipinski definition) is 2. The second-order valence-corrected chi connectivity index (χ2v) is 5.88. The Kier molecular flexibility index (Phi) is 5.90. The van der Waals surface area contributed by atoms with Crippen LogP contribution < -0.4 is 0 Å². The van der Waals surface area contributed by atoms with Crippen molar-refractivity contribution in [2.45, 2.75) is 50.6 Å². The molecule has 0 spiro atoms. The molecule has 0 bridgehead atoms. The van der Waals surface area contributed by atoms with Crippen molar-refractivity contribution in [1.29, 1.82) is 5.41 Å². The molecule has 0 unspecified atom stereocenters. The fourth-order valence-corrected chi connectivity index (χ4v) is 3.25. The number of benzene rings is 1. The molecule has 0 radical (unpaired) electrons. The van der Waals surface area contributed by atoms with Crippen LogP contribution in [-0.2, 0) is 16.3 Å². The van der Waals surface area contributed by atoms with Gasteiger partial charge in [0.1, 0.15) is 0 Å². The Hall–Kier alpha value is -1.23. The van der Waals surface area contributed by atoms with E-state index in [0.717, 1.165) is 25.7 Å². The summed E-state index contributed by atoms with van der Waals surface area (Å²) in [6.07, 6.45) is -0.406. The Morgan fingerprint density at radius 1 is 1.23 bits per heavy atom. The fraction of sp³-hybridized carbons (Fsp3) is 0.562. The predicted octanol–water partition coefficient (Wildman–Crippen LogP) is 5.26. The quantitative estimate of drug-likeness (QED) is 0.593. The van der Waals surface area contributed by atoms with E-state index in [1.807, 2.05) is 6.07 Å². The summed E-state index contributed by atoms with van der Waals surface area (Å²) >= 11 is 0. The fourth-order valence-electron chi connectivity index (χ4n) is 3.25. The van der Waals surface area contributed by atoms with Crippen LogP contribution in [0.15, 0.2) is 18.2 Å². The predicted molar refractivity (Wildman–Crippen MR) is 82.9 cm³/mol. The number of ether oxygens (including phenoxy) is 1. The molecule has 1 aromatic rings. The highest BCUT2D eigenvalue weighted by molar-refractivity contribution is 5.85. The van der Waals surface area contributed by atoms with E-state index >= 15 is 0 Å². The van der Waals surface area contributed by atoms with Gasteiger partial charge >= 0.3 is 6.18 Å². The molecule has 1 aliphatic rings. The van der Waals surface area contributed by atoms with Gasteiger partial charge in [0.05, 0.1) is 12.7 Å². The van der Waals surface area contributed by atoms with Crippen molar-refractivity contribution < 1.29 is 17.9 Å². The molecule has 1 aromatic carbocycles. The van der Waals surface area contributed by atoms with Gasteiger partial charge < -0.3 is 4.74 Å². The molecule has 1 fully saturated rings. The van der Waals surface area contributed by atoms with E-state index in [1.165, 1.54) is 19.2 Å². The first-order valence-electron chi connectivity index (χ1n) is 7.08. The maximum Gasteiger partial charge on any atom is 0.416 e. The molecule has 1 aliphatic carbocycles. The van der Waals surface area contributed by atoms with Crippen LogP contribution in [0.1, 0.15) is 48.8 Å². The Morgan fingerprint density at radius 3 is 2.32 bits per heavy atom. The Balaban J connectivity index is 0.00000242. The summed E-state index contributed by atoms with van der Waals surface area (Å²) in [4.78, 5) is 0. The second-order valence-electron chi connectivity index (χ2n) is 5.88. The molecule has 0 aliphatic heterocycles. The van der Waals surface area contributed by atoms with Gasteiger partial charge in [0.15, 0.2) is 5.90 Å². The van der Waals surface area contributed by atoms with E-state index < -0.39 is 11.7 Å². The van der Waals surface area contributed by atoms with Crippen molar-refractivity contribution in [2.75, 3.05) is 7.11 Å². The Bertz CT molecular complexity index is 537. The summed E-state index contributed by atoms with van der Waals surface area (Å²) in [5.41, 5.74) is 0.302.